The lowest BCUT2D eigenvalue weighted by atomic mass is 10.3. The van der Waals surface area contributed by atoms with E-state index >= 15 is 0 Å². The van der Waals surface area contributed by atoms with Crippen LogP contribution in [0.5, 0.6) is 5.75 Å². The van der Waals surface area contributed by atoms with E-state index in [9.17, 15) is 9.18 Å². The van der Waals surface area contributed by atoms with Gasteiger partial charge in [0.05, 0.1) is 24.2 Å². The molecule has 1 unspecified atom stereocenters. The van der Waals surface area contributed by atoms with Gasteiger partial charge in [0.2, 0.25) is 5.50 Å². The van der Waals surface area contributed by atoms with Crippen LogP contribution < -0.4 is 4.74 Å². The summed E-state index contributed by atoms with van der Waals surface area (Å²) < 4.78 is 23.6. The molecule has 0 amide bonds. The van der Waals surface area contributed by atoms with E-state index in [0.29, 0.717) is 34.8 Å². The Kier molecular flexibility index (Phi) is 4.84. The van der Waals surface area contributed by atoms with Crippen LogP contribution in [0.1, 0.15) is 13.8 Å². The van der Waals surface area contributed by atoms with E-state index in [0.717, 1.165) is 5.52 Å². The van der Waals surface area contributed by atoms with E-state index < -0.39 is 11.5 Å². The summed E-state index contributed by atoms with van der Waals surface area (Å²) in [5.41, 5.74) is -0.372. The van der Waals surface area contributed by atoms with Crippen LogP contribution in [0.4, 0.5) is 4.39 Å². The molecule has 1 aromatic carbocycles. The number of nitrogens with one attached hydrogen (secondary N) is 1. The largest absolute Gasteiger partial charge is 0.494 e. The first kappa shape index (κ1) is 14.6. The third-order valence-corrected chi connectivity index (χ3v) is 3.25. The Bertz CT molecular complexity index is 602. The number of nitrogens with zero attached hydrogens (tertiary/aromatic N) is 1. The molecule has 0 aliphatic carbocycles. The first-order valence-electron chi connectivity index (χ1n) is 6.24. The second kappa shape index (κ2) is 6.60. The highest BCUT2D eigenvalue weighted by Crippen LogP contribution is 2.27. The highest BCUT2D eigenvalue weighted by atomic mass is 32.2. The Hall–Kier alpha value is -1.76. The summed E-state index contributed by atoms with van der Waals surface area (Å²) in [4.78, 5) is 18.4. The minimum Gasteiger partial charge on any atom is -0.494 e. The van der Waals surface area contributed by atoms with E-state index in [2.05, 4.69) is 14.7 Å². The predicted molar refractivity (Wildman–Crippen MR) is 74.6 cm³/mol. The zero-order chi connectivity index (χ0) is 14.5. The maximum atomic E-state index is 13.6. The molecule has 0 saturated carbocycles. The number of aromatic amines is 1. The topological polar surface area (TPSA) is 64.2 Å². The molecule has 0 saturated heterocycles. The van der Waals surface area contributed by atoms with Crippen molar-refractivity contribution in [2.24, 2.45) is 0 Å². The van der Waals surface area contributed by atoms with Crippen LogP contribution in [0.3, 0.4) is 0 Å². The van der Waals surface area contributed by atoms with Crippen molar-refractivity contribution in [3.05, 3.63) is 18.2 Å². The summed E-state index contributed by atoms with van der Waals surface area (Å²) >= 11 is 0.688. The fraction of sp³-hybridized carbons (Fsp3) is 0.385. The Morgan fingerprint density at radius 1 is 1.45 bits per heavy atom. The molecule has 5 nitrogen and oxygen atoms in total. The van der Waals surface area contributed by atoms with Gasteiger partial charge in [0.15, 0.2) is 5.16 Å². The van der Waals surface area contributed by atoms with Gasteiger partial charge in [-0.3, -0.25) is 0 Å². The first-order valence-corrected chi connectivity index (χ1v) is 7.12. The van der Waals surface area contributed by atoms with Gasteiger partial charge in [-0.2, -0.15) is 0 Å². The lowest BCUT2D eigenvalue weighted by Crippen LogP contribution is -2.15. The molecule has 7 heteroatoms. The highest BCUT2D eigenvalue weighted by molar-refractivity contribution is 8.00. The number of ether oxygens (including phenoxy) is 2. The smallest absolute Gasteiger partial charge is 0.351 e. The molecule has 0 spiro atoms. The van der Waals surface area contributed by atoms with E-state index in [1.165, 1.54) is 0 Å². The average Bonchev–Trinajstić information content (AvgIpc) is 2.80. The normalized spacial score (nSPS) is 12.3. The maximum Gasteiger partial charge on any atom is 0.351 e. The van der Waals surface area contributed by atoms with Gasteiger partial charge < -0.3 is 14.5 Å². The molecule has 1 atom stereocenters. The van der Waals surface area contributed by atoms with Gasteiger partial charge >= 0.3 is 5.97 Å². The number of hydrogen-bond acceptors (Lipinski definition) is 5. The SMILES string of the molecule is CCOC(=O)C(F)Sc1nc2ccc(OCC)cc2[nH]1. The average molecular weight is 298 g/mol. The Morgan fingerprint density at radius 2 is 2.25 bits per heavy atom. The van der Waals surface area contributed by atoms with Crippen molar-refractivity contribution < 1.29 is 18.7 Å². The molecule has 0 fully saturated rings. The lowest BCUT2D eigenvalue weighted by molar-refractivity contribution is -0.145. The number of imidazole rings is 1. The minimum absolute atomic E-state index is 0.150. The molecule has 0 radical (unpaired) electrons. The molecule has 108 valence electrons. The van der Waals surface area contributed by atoms with Gasteiger partial charge in [0.25, 0.3) is 0 Å². The monoisotopic (exact) mass is 298 g/mol. The first-order chi connectivity index (χ1) is 9.63. The van der Waals surface area contributed by atoms with Crippen molar-refractivity contribution >= 4 is 28.8 Å². The molecule has 20 heavy (non-hydrogen) atoms. The lowest BCUT2D eigenvalue weighted by Gasteiger charge is -2.04. The highest BCUT2D eigenvalue weighted by Gasteiger charge is 2.21. The summed E-state index contributed by atoms with van der Waals surface area (Å²) in [6, 6.07) is 5.35. The molecular formula is C13H15FN2O3S. The molecule has 1 N–H and O–H groups in total. The number of rotatable bonds is 6. The number of alkyl halides is 1. The standard InChI is InChI=1S/C13H15FN2O3S/c1-3-18-8-5-6-9-10(7-8)16-13(15-9)20-11(14)12(17)19-4-2/h5-7,11H,3-4H2,1-2H3,(H,15,16). The van der Waals surface area contributed by atoms with Gasteiger partial charge in [-0.1, -0.05) is 0 Å². The minimum atomic E-state index is -1.79. The van der Waals surface area contributed by atoms with Crippen LogP contribution in [0.15, 0.2) is 23.4 Å². The summed E-state index contributed by atoms with van der Waals surface area (Å²) in [6.07, 6.45) is 0. The molecule has 0 aliphatic rings. The number of halogens is 1. The summed E-state index contributed by atoms with van der Waals surface area (Å²) in [6.45, 7) is 4.24. The van der Waals surface area contributed by atoms with Crippen LogP contribution in [-0.4, -0.2) is 34.7 Å². The number of thioether (sulfide) groups is 1. The van der Waals surface area contributed by atoms with Crippen molar-refractivity contribution in [2.75, 3.05) is 13.2 Å². The third-order valence-electron chi connectivity index (χ3n) is 2.43. The number of carbonyl (C=O) groups excluding carboxylic acids is 1. The number of carbonyl (C=O) groups is 1. The summed E-state index contributed by atoms with van der Waals surface area (Å²) in [7, 11) is 0. The molecule has 1 aromatic heterocycles. The molecule has 0 bridgehead atoms. The van der Waals surface area contributed by atoms with E-state index in [-0.39, 0.29) is 6.61 Å². The van der Waals surface area contributed by atoms with E-state index in [1.807, 2.05) is 6.92 Å². The predicted octanol–water partition coefficient (Wildman–Crippen LogP) is 2.91. The molecule has 1 heterocycles. The van der Waals surface area contributed by atoms with Crippen molar-refractivity contribution in [1.82, 2.24) is 9.97 Å². The molecule has 0 aliphatic heterocycles. The number of H-pyrrole nitrogens is 1. The number of esters is 1. The van der Waals surface area contributed by atoms with Gasteiger partial charge in [-0.15, -0.1) is 0 Å². The third kappa shape index (κ3) is 3.41. The number of hydrogen-bond donors (Lipinski definition) is 1. The van der Waals surface area contributed by atoms with Crippen molar-refractivity contribution in [1.29, 1.82) is 0 Å². The van der Waals surface area contributed by atoms with Crippen LogP contribution in [0.2, 0.25) is 0 Å². The van der Waals surface area contributed by atoms with Gasteiger partial charge in [-0.25, -0.2) is 14.2 Å². The second-order valence-electron chi connectivity index (χ2n) is 3.84. The summed E-state index contributed by atoms with van der Waals surface area (Å²) in [5, 5.41) is 0.328. The van der Waals surface area contributed by atoms with Gasteiger partial charge in [0, 0.05) is 6.07 Å². The molecule has 2 aromatic rings. The Balaban J connectivity index is 2.13. The van der Waals surface area contributed by atoms with Gasteiger partial charge in [0.1, 0.15) is 5.75 Å². The quantitative estimate of drug-likeness (QED) is 0.656. The van der Waals surface area contributed by atoms with Crippen LogP contribution in [-0.2, 0) is 9.53 Å². The van der Waals surface area contributed by atoms with Crippen LogP contribution in [0, 0.1) is 0 Å². The van der Waals surface area contributed by atoms with E-state index in [4.69, 9.17) is 4.74 Å². The van der Waals surface area contributed by atoms with Crippen molar-refractivity contribution in [3.63, 3.8) is 0 Å². The Labute approximate surface area is 119 Å². The fourth-order valence-corrected chi connectivity index (χ4v) is 2.31. The molecular weight excluding hydrogens is 283 g/mol. The number of fused-ring (bicyclic) bond motifs is 1. The van der Waals surface area contributed by atoms with Gasteiger partial charge in [-0.05, 0) is 37.7 Å². The fourth-order valence-electron chi connectivity index (χ4n) is 1.63. The van der Waals surface area contributed by atoms with Crippen molar-refractivity contribution in [2.45, 2.75) is 24.5 Å². The number of aromatic nitrogens is 2. The number of benzene rings is 1. The second-order valence-corrected chi connectivity index (χ2v) is 4.88. The molecule has 2 rings (SSSR count). The van der Waals surface area contributed by atoms with Crippen molar-refractivity contribution in [3.8, 4) is 5.75 Å². The maximum absolute atomic E-state index is 13.6. The zero-order valence-electron chi connectivity index (χ0n) is 11.2. The van der Waals surface area contributed by atoms with E-state index in [1.54, 1.807) is 25.1 Å². The van der Waals surface area contributed by atoms with Crippen LogP contribution >= 0.6 is 11.8 Å². The van der Waals surface area contributed by atoms with Crippen LogP contribution in [0.25, 0.3) is 11.0 Å². The zero-order valence-corrected chi connectivity index (χ0v) is 12.0. The summed E-state index contributed by atoms with van der Waals surface area (Å²) in [5.74, 6) is -0.185. The Morgan fingerprint density at radius 3 is 2.95 bits per heavy atom.